The molecule has 3 aromatic rings. The lowest BCUT2D eigenvalue weighted by atomic mass is 10.2. The zero-order valence-electron chi connectivity index (χ0n) is 17.2. The molecule has 0 unspecified atom stereocenters. The van der Waals surface area contributed by atoms with E-state index in [1.165, 1.54) is 12.4 Å². The summed E-state index contributed by atoms with van der Waals surface area (Å²) in [5, 5.41) is 22.8. The van der Waals surface area contributed by atoms with Gasteiger partial charge in [0.1, 0.15) is 6.29 Å². The molecule has 33 heavy (non-hydrogen) atoms. The maximum Gasteiger partial charge on any atom is 0.343 e. The summed E-state index contributed by atoms with van der Waals surface area (Å²) in [5.74, 6) is -2.22. The molecule has 0 radical (unpaired) electrons. The molecular weight excluding hydrogens is 570 g/mol. The molecular formula is C21H20Br2F2N4O4. The van der Waals surface area contributed by atoms with Crippen LogP contribution in [0.2, 0.25) is 0 Å². The molecule has 2 heterocycles. The van der Waals surface area contributed by atoms with Crippen molar-refractivity contribution in [1.82, 2.24) is 0 Å². The van der Waals surface area contributed by atoms with Gasteiger partial charge in [0.25, 0.3) is 0 Å². The summed E-state index contributed by atoms with van der Waals surface area (Å²) in [4.78, 5) is 10.1. The van der Waals surface area contributed by atoms with E-state index in [9.17, 15) is 13.6 Å². The summed E-state index contributed by atoms with van der Waals surface area (Å²) in [7, 11) is 1.15. The van der Waals surface area contributed by atoms with Gasteiger partial charge in [0.2, 0.25) is 0 Å². The number of ether oxygens (including phenoxy) is 1. The number of hydrogen-bond donors (Lipinski definition) is 2. The lowest BCUT2D eigenvalue weighted by Gasteiger charge is -2.02. The van der Waals surface area contributed by atoms with Crippen LogP contribution in [0.25, 0.3) is 0 Å². The number of benzene rings is 1. The van der Waals surface area contributed by atoms with E-state index in [0.717, 1.165) is 30.4 Å². The van der Waals surface area contributed by atoms with Gasteiger partial charge in [-0.3, -0.25) is 4.79 Å². The van der Waals surface area contributed by atoms with E-state index >= 15 is 0 Å². The highest BCUT2D eigenvalue weighted by molar-refractivity contribution is 5.78. The second-order valence-corrected chi connectivity index (χ2v) is 6.06. The lowest BCUT2D eigenvalue weighted by molar-refractivity contribution is -0.913. The number of aldehydes is 1. The average molecular weight is 590 g/mol. The van der Waals surface area contributed by atoms with Crippen molar-refractivity contribution < 1.29 is 71.8 Å². The molecule has 0 aliphatic rings. The summed E-state index contributed by atoms with van der Waals surface area (Å²) in [5.41, 5.74) is 1.61. The molecule has 2 N–H and O–H groups in total. The SMILES string of the molecule is COc1c(F)cc(C=O)cc1F.O/N=C\c1cc[n+](C[n+]2ccc(/C=N\O)cc2)cc1.[Br-].[Br-]. The van der Waals surface area contributed by atoms with Gasteiger partial charge in [0.15, 0.2) is 42.2 Å². The van der Waals surface area contributed by atoms with Gasteiger partial charge in [0.05, 0.1) is 19.5 Å². The van der Waals surface area contributed by atoms with Crippen LogP contribution in [0, 0.1) is 11.6 Å². The molecule has 0 saturated heterocycles. The van der Waals surface area contributed by atoms with Crippen LogP contribution in [0.4, 0.5) is 8.78 Å². The zero-order valence-corrected chi connectivity index (χ0v) is 20.4. The molecule has 12 heteroatoms. The van der Waals surface area contributed by atoms with Crippen molar-refractivity contribution in [3.05, 3.63) is 89.5 Å². The van der Waals surface area contributed by atoms with Crippen molar-refractivity contribution in [2.75, 3.05) is 7.11 Å². The Kier molecular flexibility index (Phi) is 14.0. The van der Waals surface area contributed by atoms with Gasteiger partial charge in [-0.15, -0.1) is 9.13 Å². The lowest BCUT2D eigenvalue weighted by Crippen LogP contribution is -3.00. The second-order valence-electron chi connectivity index (χ2n) is 6.06. The van der Waals surface area contributed by atoms with E-state index in [0.29, 0.717) is 13.0 Å². The first-order valence-corrected chi connectivity index (χ1v) is 8.82. The Morgan fingerprint density at radius 3 is 1.55 bits per heavy atom. The predicted molar refractivity (Wildman–Crippen MR) is 106 cm³/mol. The molecule has 1 aromatic carbocycles. The summed E-state index contributed by atoms with van der Waals surface area (Å²) in [6.07, 6.45) is 10.7. The average Bonchev–Trinajstić information content (AvgIpc) is 2.77. The van der Waals surface area contributed by atoms with Gasteiger partial charge in [-0.2, -0.15) is 0 Å². The molecule has 2 aromatic heterocycles. The minimum Gasteiger partial charge on any atom is -1.00 e. The first-order valence-electron chi connectivity index (χ1n) is 8.82. The Labute approximate surface area is 209 Å². The quantitative estimate of drug-likeness (QED) is 0.101. The van der Waals surface area contributed by atoms with E-state index in [-0.39, 0.29) is 39.5 Å². The van der Waals surface area contributed by atoms with Gasteiger partial charge >= 0.3 is 6.67 Å². The van der Waals surface area contributed by atoms with Crippen molar-refractivity contribution >= 4 is 18.7 Å². The number of halogens is 4. The number of carbonyl (C=O) groups excluding carboxylic acids is 1. The van der Waals surface area contributed by atoms with Gasteiger partial charge in [0, 0.05) is 41.0 Å². The number of nitrogens with zero attached hydrogens (tertiary/aromatic N) is 4. The highest BCUT2D eigenvalue weighted by atomic mass is 79.9. The standard InChI is InChI=1S/C13H12N4O2.C8H6F2O2.2BrH/c18-14-9-12-1-5-16(6-2-12)11-17-7-3-13(4-8-17)10-15-19;1-12-8-6(9)2-5(4-11)3-7(8)10;;/h1-10H,11H2;2-4H,1H3;2*1H. The summed E-state index contributed by atoms with van der Waals surface area (Å²) < 4.78 is 33.9. The molecule has 176 valence electrons. The minimum absolute atomic E-state index is 0. The number of rotatable bonds is 6. The molecule has 3 rings (SSSR count). The number of aromatic nitrogens is 2. The third-order valence-corrected chi connectivity index (χ3v) is 3.93. The number of hydrogen-bond acceptors (Lipinski definition) is 6. The fourth-order valence-corrected chi connectivity index (χ4v) is 2.46. The van der Waals surface area contributed by atoms with E-state index in [1.54, 1.807) is 0 Å². The van der Waals surface area contributed by atoms with Crippen LogP contribution in [0.1, 0.15) is 21.5 Å². The zero-order chi connectivity index (χ0) is 22.6. The summed E-state index contributed by atoms with van der Waals surface area (Å²) in [6, 6.07) is 9.24. The summed E-state index contributed by atoms with van der Waals surface area (Å²) in [6.45, 7) is 0.660. The molecule has 0 fully saturated rings. The fourth-order valence-electron chi connectivity index (χ4n) is 2.46. The predicted octanol–water partition coefficient (Wildman–Crippen LogP) is -3.82. The molecule has 0 aliphatic carbocycles. The highest BCUT2D eigenvalue weighted by Gasteiger charge is 2.10. The van der Waals surface area contributed by atoms with Gasteiger partial charge < -0.3 is 49.1 Å². The van der Waals surface area contributed by atoms with Crippen molar-refractivity contribution in [2.24, 2.45) is 10.3 Å². The number of carbonyl (C=O) groups is 1. The van der Waals surface area contributed by atoms with E-state index < -0.39 is 17.4 Å². The summed E-state index contributed by atoms with van der Waals surface area (Å²) >= 11 is 0. The normalized spacial score (nSPS) is 10.0. The number of methoxy groups -OCH3 is 1. The van der Waals surface area contributed by atoms with Crippen molar-refractivity contribution in [2.45, 2.75) is 6.67 Å². The molecule has 0 atom stereocenters. The first kappa shape index (κ1) is 29.8. The highest BCUT2D eigenvalue weighted by Crippen LogP contribution is 2.21. The van der Waals surface area contributed by atoms with Crippen molar-refractivity contribution in [3.8, 4) is 5.75 Å². The van der Waals surface area contributed by atoms with Crippen LogP contribution in [0.15, 0.2) is 71.5 Å². The van der Waals surface area contributed by atoms with Gasteiger partial charge in [-0.1, -0.05) is 10.3 Å². The third-order valence-electron chi connectivity index (χ3n) is 3.93. The smallest absolute Gasteiger partial charge is 0.343 e. The molecule has 8 nitrogen and oxygen atoms in total. The Hall–Kier alpha value is -3.25. The van der Waals surface area contributed by atoms with Gasteiger partial charge in [-0.25, -0.2) is 8.78 Å². The largest absolute Gasteiger partial charge is 1.00 e. The van der Waals surface area contributed by atoms with E-state index in [1.807, 2.05) is 58.2 Å². The monoisotopic (exact) mass is 588 g/mol. The molecule has 0 bridgehead atoms. The Balaban J connectivity index is 0.000000640. The molecule has 0 spiro atoms. The maximum atomic E-state index is 12.8. The number of oxime groups is 2. The van der Waals surface area contributed by atoms with Crippen molar-refractivity contribution in [3.63, 3.8) is 0 Å². The second kappa shape index (κ2) is 15.5. The fraction of sp³-hybridized carbons (Fsp3) is 0.0952. The Morgan fingerprint density at radius 2 is 1.24 bits per heavy atom. The molecule has 0 amide bonds. The van der Waals surface area contributed by atoms with Gasteiger partial charge in [-0.05, 0) is 12.1 Å². The van der Waals surface area contributed by atoms with Crippen molar-refractivity contribution in [1.29, 1.82) is 0 Å². The van der Waals surface area contributed by atoms with Crippen LogP contribution in [0.3, 0.4) is 0 Å². The van der Waals surface area contributed by atoms with Crippen LogP contribution in [-0.2, 0) is 6.67 Å². The molecule has 0 saturated carbocycles. The maximum absolute atomic E-state index is 12.8. The van der Waals surface area contributed by atoms with E-state index in [2.05, 4.69) is 15.0 Å². The Bertz CT molecular complexity index is 990. The van der Waals surface area contributed by atoms with Crippen LogP contribution in [0.5, 0.6) is 5.75 Å². The molecule has 0 aliphatic heterocycles. The Morgan fingerprint density at radius 1 is 0.848 bits per heavy atom. The van der Waals surface area contributed by atoms with E-state index in [4.69, 9.17) is 10.4 Å². The minimum atomic E-state index is -0.875. The first-order chi connectivity index (χ1) is 15.0. The topological polar surface area (TPSA) is 99.2 Å². The number of pyridine rings is 2. The van der Waals surface area contributed by atoms with Crippen LogP contribution < -0.4 is 47.8 Å². The van der Waals surface area contributed by atoms with Crippen LogP contribution in [-0.4, -0.2) is 36.2 Å². The van der Waals surface area contributed by atoms with Crippen LogP contribution >= 0.6 is 0 Å². The third kappa shape index (κ3) is 9.41.